The van der Waals surface area contributed by atoms with Crippen LogP contribution in [-0.4, -0.2) is 30.4 Å². The highest BCUT2D eigenvalue weighted by Gasteiger charge is 2.18. The zero-order valence-electron chi connectivity index (χ0n) is 17.0. The lowest BCUT2D eigenvalue weighted by molar-refractivity contribution is 0.126. The molecule has 0 fully saturated rings. The predicted octanol–water partition coefficient (Wildman–Crippen LogP) is 4.89. The first-order valence-electron chi connectivity index (χ1n) is 9.80. The van der Waals surface area contributed by atoms with E-state index < -0.39 is 0 Å². The van der Waals surface area contributed by atoms with Crippen LogP contribution in [0, 0.1) is 13.8 Å². The number of hydrogen-bond acceptors (Lipinski definition) is 5. The van der Waals surface area contributed by atoms with Crippen molar-refractivity contribution in [2.24, 2.45) is 5.16 Å². The third-order valence-electron chi connectivity index (χ3n) is 5.23. The molecular weight excluding hydrogens is 412 g/mol. The highest BCUT2D eigenvalue weighted by Crippen LogP contribution is 2.29. The van der Waals surface area contributed by atoms with E-state index in [0.29, 0.717) is 10.8 Å². The maximum atomic E-state index is 5.89. The van der Waals surface area contributed by atoms with Gasteiger partial charge in [0.15, 0.2) is 23.7 Å². The van der Waals surface area contributed by atoms with E-state index >= 15 is 0 Å². The Kier molecular flexibility index (Phi) is 4.88. The molecule has 0 unspecified atom stereocenters. The molecule has 0 saturated carbocycles. The molecule has 0 amide bonds. The number of aromatic nitrogens is 5. The van der Waals surface area contributed by atoms with Crippen LogP contribution in [0.25, 0.3) is 22.4 Å². The summed E-state index contributed by atoms with van der Waals surface area (Å²) >= 11 is 5.89. The van der Waals surface area contributed by atoms with E-state index in [4.69, 9.17) is 16.4 Å². The highest BCUT2D eigenvalue weighted by atomic mass is 35.5. The normalized spacial score (nSPS) is 11.7. The number of para-hydroxylation sites is 1. The fourth-order valence-corrected chi connectivity index (χ4v) is 3.73. The van der Waals surface area contributed by atoms with Gasteiger partial charge in [-0.1, -0.05) is 47.1 Å². The molecule has 0 N–H and O–H groups in total. The SMILES string of the molecule is Cc1c(C)n(-c2ccccc2)c2ncn3nc(CON=Cc4ccc(Cl)cc4)nc3c12. The van der Waals surface area contributed by atoms with Gasteiger partial charge >= 0.3 is 0 Å². The lowest BCUT2D eigenvalue weighted by Gasteiger charge is -2.07. The third kappa shape index (κ3) is 3.53. The largest absolute Gasteiger partial charge is 0.387 e. The van der Waals surface area contributed by atoms with Crippen LogP contribution >= 0.6 is 11.6 Å². The number of rotatable bonds is 5. The third-order valence-corrected chi connectivity index (χ3v) is 5.48. The Hall–Kier alpha value is -3.71. The molecular formula is C23H19ClN6O. The van der Waals surface area contributed by atoms with Gasteiger partial charge in [-0.25, -0.2) is 14.5 Å². The molecule has 0 radical (unpaired) electrons. The number of fused-ring (bicyclic) bond motifs is 3. The highest BCUT2D eigenvalue weighted by molar-refractivity contribution is 6.30. The van der Waals surface area contributed by atoms with Gasteiger partial charge in [0.2, 0.25) is 0 Å². The molecule has 7 nitrogen and oxygen atoms in total. The first-order valence-corrected chi connectivity index (χ1v) is 10.2. The van der Waals surface area contributed by atoms with Crippen molar-refractivity contribution < 1.29 is 4.84 Å². The van der Waals surface area contributed by atoms with Crippen molar-refractivity contribution >= 4 is 34.5 Å². The number of nitrogens with zero attached hydrogens (tertiary/aromatic N) is 6. The number of oxime groups is 1. The van der Waals surface area contributed by atoms with Crippen molar-refractivity contribution in [2.75, 3.05) is 0 Å². The minimum absolute atomic E-state index is 0.157. The summed E-state index contributed by atoms with van der Waals surface area (Å²) in [5.41, 5.74) is 5.81. The number of halogens is 1. The van der Waals surface area contributed by atoms with Crippen LogP contribution in [0.5, 0.6) is 0 Å². The quantitative estimate of drug-likeness (QED) is 0.294. The van der Waals surface area contributed by atoms with E-state index in [9.17, 15) is 0 Å². The molecule has 3 aromatic heterocycles. The second-order valence-corrected chi connectivity index (χ2v) is 7.62. The van der Waals surface area contributed by atoms with Gasteiger partial charge in [0, 0.05) is 16.4 Å². The van der Waals surface area contributed by atoms with E-state index in [-0.39, 0.29) is 6.61 Å². The standard InChI is InChI=1S/C23H19ClN6O/c1-15-16(2)30(19-6-4-3-5-7-19)22-21(15)23-27-20(28-29(23)14-25-22)13-31-26-12-17-8-10-18(24)11-9-17/h3-12,14H,13H2,1-2H3. The summed E-state index contributed by atoms with van der Waals surface area (Å²) in [6.07, 6.45) is 3.31. The molecule has 154 valence electrons. The molecule has 0 bridgehead atoms. The van der Waals surface area contributed by atoms with E-state index in [1.165, 1.54) is 0 Å². The van der Waals surface area contributed by atoms with E-state index in [2.05, 4.69) is 50.8 Å². The molecule has 5 aromatic rings. The minimum atomic E-state index is 0.157. The van der Waals surface area contributed by atoms with Crippen LogP contribution in [0.3, 0.4) is 0 Å². The summed E-state index contributed by atoms with van der Waals surface area (Å²) in [6.45, 7) is 4.33. The Balaban J connectivity index is 1.46. The predicted molar refractivity (Wildman–Crippen MR) is 121 cm³/mol. The van der Waals surface area contributed by atoms with Gasteiger partial charge in [-0.2, -0.15) is 0 Å². The Labute approximate surface area is 183 Å². The van der Waals surface area contributed by atoms with E-state index in [1.54, 1.807) is 29.2 Å². The molecule has 0 saturated heterocycles. The molecule has 0 atom stereocenters. The van der Waals surface area contributed by atoms with Crippen LogP contribution in [0.4, 0.5) is 0 Å². The van der Waals surface area contributed by atoms with E-state index in [0.717, 1.165) is 39.2 Å². The van der Waals surface area contributed by atoms with Gasteiger partial charge in [0.05, 0.1) is 11.6 Å². The zero-order valence-corrected chi connectivity index (χ0v) is 17.8. The average molecular weight is 431 g/mol. The summed E-state index contributed by atoms with van der Waals surface area (Å²) in [5, 5.41) is 10.1. The van der Waals surface area contributed by atoms with Crippen LogP contribution in [0.15, 0.2) is 66.1 Å². The average Bonchev–Trinajstić information content (AvgIpc) is 3.31. The number of hydrogen-bond donors (Lipinski definition) is 0. The molecule has 31 heavy (non-hydrogen) atoms. The number of benzene rings is 2. The molecule has 0 spiro atoms. The summed E-state index contributed by atoms with van der Waals surface area (Å²) in [6, 6.07) is 17.5. The van der Waals surface area contributed by atoms with Gasteiger partial charge in [-0.3, -0.25) is 4.57 Å². The van der Waals surface area contributed by atoms with Gasteiger partial charge in [0.1, 0.15) is 6.33 Å². The molecule has 2 aromatic carbocycles. The summed E-state index contributed by atoms with van der Waals surface area (Å²) in [5.74, 6) is 0.534. The first-order chi connectivity index (χ1) is 15.1. The van der Waals surface area contributed by atoms with Gasteiger partial charge in [-0.15, -0.1) is 5.10 Å². The van der Waals surface area contributed by atoms with Crippen LogP contribution < -0.4 is 0 Å². The molecule has 8 heteroatoms. The van der Waals surface area contributed by atoms with Crippen molar-refractivity contribution in [1.29, 1.82) is 0 Å². The molecule has 0 aliphatic rings. The first kappa shape index (κ1) is 19.3. The fraction of sp³-hybridized carbons (Fsp3) is 0.130. The van der Waals surface area contributed by atoms with Gasteiger partial charge in [0.25, 0.3) is 0 Å². The second-order valence-electron chi connectivity index (χ2n) is 7.18. The van der Waals surface area contributed by atoms with Crippen LogP contribution in [0.2, 0.25) is 5.02 Å². The Morgan fingerprint density at radius 3 is 2.58 bits per heavy atom. The maximum Gasteiger partial charge on any atom is 0.192 e. The minimum Gasteiger partial charge on any atom is -0.387 e. The van der Waals surface area contributed by atoms with Crippen molar-refractivity contribution in [3.05, 3.63) is 88.6 Å². The van der Waals surface area contributed by atoms with Crippen molar-refractivity contribution in [2.45, 2.75) is 20.5 Å². The summed E-state index contributed by atoms with van der Waals surface area (Å²) in [7, 11) is 0. The molecule has 3 heterocycles. The molecule has 5 rings (SSSR count). The topological polar surface area (TPSA) is 69.6 Å². The van der Waals surface area contributed by atoms with Crippen molar-refractivity contribution in [3.8, 4) is 5.69 Å². The monoisotopic (exact) mass is 430 g/mol. The fourth-order valence-electron chi connectivity index (χ4n) is 3.60. The Morgan fingerprint density at radius 2 is 1.81 bits per heavy atom. The lowest BCUT2D eigenvalue weighted by Crippen LogP contribution is -1.99. The molecule has 0 aliphatic carbocycles. The smallest absolute Gasteiger partial charge is 0.192 e. The van der Waals surface area contributed by atoms with Crippen molar-refractivity contribution in [3.63, 3.8) is 0 Å². The van der Waals surface area contributed by atoms with E-state index in [1.807, 2.05) is 30.3 Å². The summed E-state index contributed by atoms with van der Waals surface area (Å²) < 4.78 is 3.83. The second kappa shape index (κ2) is 7.85. The maximum absolute atomic E-state index is 5.89. The molecule has 0 aliphatic heterocycles. The number of aryl methyl sites for hydroxylation is 1. The van der Waals surface area contributed by atoms with Crippen LogP contribution in [0.1, 0.15) is 22.6 Å². The van der Waals surface area contributed by atoms with Gasteiger partial charge < -0.3 is 4.84 Å². The van der Waals surface area contributed by atoms with Crippen LogP contribution in [-0.2, 0) is 11.4 Å². The zero-order chi connectivity index (χ0) is 21.4. The lowest BCUT2D eigenvalue weighted by atomic mass is 10.2. The van der Waals surface area contributed by atoms with Gasteiger partial charge in [-0.05, 0) is 49.2 Å². The summed E-state index contributed by atoms with van der Waals surface area (Å²) in [4.78, 5) is 14.8. The Morgan fingerprint density at radius 1 is 1.03 bits per heavy atom. The Bertz CT molecular complexity index is 1400. The van der Waals surface area contributed by atoms with Crippen molar-refractivity contribution in [1.82, 2.24) is 24.1 Å².